The molecular formula is C28H24NO3P. The number of hydrogen-bond acceptors (Lipinski definition) is 3. The van der Waals surface area contributed by atoms with Crippen LogP contribution in [0.25, 0.3) is 5.76 Å². The molecule has 1 N–H and O–H groups in total. The molecule has 0 heterocycles. The third-order valence-electron chi connectivity index (χ3n) is 5.13. The quantitative estimate of drug-likeness (QED) is 0.290. The average Bonchev–Trinajstić information content (AvgIpc) is 2.88. The lowest BCUT2D eigenvalue weighted by Gasteiger charge is -2.22. The smallest absolute Gasteiger partial charge is 0.306 e. The Morgan fingerprint density at radius 2 is 1.18 bits per heavy atom. The van der Waals surface area contributed by atoms with Crippen LogP contribution in [-0.2, 0) is 9.09 Å². The van der Waals surface area contributed by atoms with Gasteiger partial charge in [-0.15, -0.1) is 0 Å². The van der Waals surface area contributed by atoms with Crippen molar-refractivity contribution >= 4 is 29.6 Å². The van der Waals surface area contributed by atoms with Gasteiger partial charge in [0.05, 0.1) is 10.6 Å². The molecule has 0 saturated heterocycles. The van der Waals surface area contributed by atoms with Gasteiger partial charge in [-0.3, -0.25) is 9.36 Å². The van der Waals surface area contributed by atoms with Gasteiger partial charge in [0.1, 0.15) is 0 Å². The number of benzene rings is 4. The first kappa shape index (κ1) is 22.3. The molecule has 0 aliphatic carbocycles. The zero-order valence-corrected chi connectivity index (χ0v) is 19.1. The zero-order chi connectivity index (χ0) is 23.1. The largest absolute Gasteiger partial charge is 0.435 e. The molecule has 0 atom stereocenters. The minimum absolute atomic E-state index is 0.280. The number of aryl methyl sites for hydroxylation is 1. The summed E-state index contributed by atoms with van der Waals surface area (Å²) in [6, 6.07) is 34.8. The molecule has 0 aliphatic heterocycles. The summed E-state index contributed by atoms with van der Waals surface area (Å²) >= 11 is 0. The standard InChI is InChI=1S/C28H24NO3P/c1-22-17-19-23(20-18-22)27(21-29-28(30)24-11-5-2-6-12-24)32-33(31,25-13-7-3-8-14-25)26-15-9-4-10-16-26/h2-21H,1H3,(H,29,30). The first-order valence-electron chi connectivity index (χ1n) is 10.6. The molecule has 0 bridgehead atoms. The predicted molar refractivity (Wildman–Crippen MR) is 134 cm³/mol. The molecule has 4 aromatic carbocycles. The number of carbonyl (C=O) groups is 1. The number of hydrogen-bond donors (Lipinski definition) is 1. The Morgan fingerprint density at radius 1 is 0.697 bits per heavy atom. The molecule has 0 aliphatic rings. The van der Waals surface area contributed by atoms with Gasteiger partial charge in [-0.2, -0.15) is 0 Å². The number of amides is 1. The second-order valence-corrected chi connectivity index (χ2v) is 9.85. The van der Waals surface area contributed by atoms with Crippen LogP contribution in [0.2, 0.25) is 0 Å². The molecule has 4 rings (SSSR count). The fourth-order valence-corrected chi connectivity index (χ4v) is 5.40. The van der Waals surface area contributed by atoms with Gasteiger partial charge in [0.15, 0.2) is 5.76 Å². The van der Waals surface area contributed by atoms with Crippen LogP contribution in [-0.4, -0.2) is 5.91 Å². The third kappa shape index (κ3) is 5.31. The van der Waals surface area contributed by atoms with Crippen molar-refractivity contribution in [2.45, 2.75) is 6.92 Å². The maximum absolute atomic E-state index is 14.4. The number of carbonyl (C=O) groups excluding carboxylic acids is 1. The van der Waals surface area contributed by atoms with Crippen LogP contribution in [0.4, 0.5) is 0 Å². The van der Waals surface area contributed by atoms with Crippen molar-refractivity contribution in [1.82, 2.24) is 5.32 Å². The van der Waals surface area contributed by atoms with Gasteiger partial charge >= 0.3 is 7.37 Å². The van der Waals surface area contributed by atoms with Gasteiger partial charge in [0, 0.05) is 17.3 Å². The summed E-state index contributed by atoms with van der Waals surface area (Å²) in [5.41, 5.74) is 2.31. The summed E-state index contributed by atoms with van der Waals surface area (Å²) in [6.07, 6.45) is 1.48. The number of rotatable bonds is 7. The van der Waals surface area contributed by atoms with E-state index in [9.17, 15) is 9.36 Å². The second-order valence-electron chi connectivity index (χ2n) is 7.53. The monoisotopic (exact) mass is 453 g/mol. The Hall–Kier alpha value is -3.88. The molecule has 0 aromatic heterocycles. The molecule has 4 nitrogen and oxygen atoms in total. The average molecular weight is 453 g/mol. The lowest BCUT2D eigenvalue weighted by atomic mass is 10.1. The van der Waals surface area contributed by atoms with E-state index in [1.54, 1.807) is 48.5 Å². The van der Waals surface area contributed by atoms with E-state index in [0.29, 0.717) is 27.5 Å². The van der Waals surface area contributed by atoms with Gasteiger partial charge in [-0.25, -0.2) is 0 Å². The Kier molecular flexibility index (Phi) is 6.87. The van der Waals surface area contributed by atoms with Gasteiger partial charge in [-0.05, 0) is 43.3 Å². The molecule has 0 unspecified atom stereocenters. The highest BCUT2D eigenvalue weighted by Crippen LogP contribution is 2.48. The van der Waals surface area contributed by atoms with Crippen molar-refractivity contribution in [3.63, 3.8) is 0 Å². The van der Waals surface area contributed by atoms with Gasteiger partial charge < -0.3 is 9.84 Å². The summed E-state index contributed by atoms with van der Waals surface area (Å²) in [5.74, 6) is 0.0355. The van der Waals surface area contributed by atoms with Crippen molar-refractivity contribution < 1.29 is 13.9 Å². The fraction of sp³-hybridized carbons (Fsp3) is 0.0357. The molecule has 33 heavy (non-hydrogen) atoms. The molecule has 5 heteroatoms. The molecule has 1 amide bonds. The van der Waals surface area contributed by atoms with E-state index in [0.717, 1.165) is 5.56 Å². The van der Waals surface area contributed by atoms with Crippen LogP contribution in [0.15, 0.2) is 121 Å². The number of nitrogens with one attached hydrogen (secondary N) is 1. The van der Waals surface area contributed by atoms with Crippen molar-refractivity contribution in [3.8, 4) is 0 Å². The third-order valence-corrected chi connectivity index (χ3v) is 7.54. The van der Waals surface area contributed by atoms with Crippen LogP contribution in [0, 0.1) is 6.92 Å². The summed E-state index contributed by atoms with van der Waals surface area (Å²) in [6.45, 7) is 1.99. The second kappa shape index (κ2) is 10.2. The lowest BCUT2D eigenvalue weighted by Crippen LogP contribution is -2.20. The maximum atomic E-state index is 14.4. The molecule has 4 aromatic rings. The molecule has 0 fully saturated rings. The minimum Gasteiger partial charge on any atom is -0.435 e. The molecule has 0 saturated carbocycles. The summed E-state index contributed by atoms with van der Waals surface area (Å²) in [7, 11) is -3.51. The lowest BCUT2D eigenvalue weighted by molar-refractivity contribution is 0.0969. The van der Waals surface area contributed by atoms with E-state index in [2.05, 4.69) is 5.32 Å². The Balaban J connectivity index is 1.76. The van der Waals surface area contributed by atoms with E-state index in [4.69, 9.17) is 4.52 Å². The van der Waals surface area contributed by atoms with E-state index < -0.39 is 7.37 Å². The Morgan fingerprint density at radius 3 is 1.70 bits per heavy atom. The van der Waals surface area contributed by atoms with Crippen LogP contribution in [0.5, 0.6) is 0 Å². The van der Waals surface area contributed by atoms with E-state index in [-0.39, 0.29) is 5.91 Å². The van der Waals surface area contributed by atoms with Gasteiger partial charge in [0.25, 0.3) is 5.91 Å². The van der Waals surface area contributed by atoms with Crippen molar-refractivity contribution in [2.24, 2.45) is 0 Å². The normalized spacial score (nSPS) is 11.6. The highest BCUT2D eigenvalue weighted by molar-refractivity contribution is 7.74. The van der Waals surface area contributed by atoms with E-state index in [1.807, 2.05) is 73.7 Å². The van der Waals surface area contributed by atoms with Crippen molar-refractivity contribution in [3.05, 3.63) is 138 Å². The SMILES string of the molecule is Cc1ccc(C(=CNC(=O)c2ccccc2)OP(=O)(c2ccccc2)c2ccccc2)cc1. The first-order chi connectivity index (χ1) is 16.1. The van der Waals surface area contributed by atoms with Gasteiger partial charge in [0.2, 0.25) is 0 Å². The van der Waals surface area contributed by atoms with Crippen LogP contribution < -0.4 is 15.9 Å². The summed E-state index contributed by atoms with van der Waals surface area (Å²) in [5, 5.41) is 3.94. The molecule has 0 spiro atoms. The topological polar surface area (TPSA) is 55.4 Å². The van der Waals surface area contributed by atoms with Crippen LogP contribution >= 0.6 is 7.37 Å². The fourth-order valence-electron chi connectivity index (χ4n) is 3.33. The summed E-state index contributed by atoms with van der Waals surface area (Å²) in [4.78, 5) is 12.7. The van der Waals surface area contributed by atoms with Crippen molar-refractivity contribution in [2.75, 3.05) is 0 Å². The zero-order valence-electron chi connectivity index (χ0n) is 18.2. The first-order valence-corrected chi connectivity index (χ1v) is 12.2. The van der Waals surface area contributed by atoms with Gasteiger partial charge in [-0.1, -0.05) is 84.4 Å². The Labute approximate surface area is 194 Å². The van der Waals surface area contributed by atoms with Crippen LogP contribution in [0.1, 0.15) is 21.5 Å². The van der Waals surface area contributed by atoms with Crippen molar-refractivity contribution in [1.29, 1.82) is 0 Å². The maximum Gasteiger partial charge on any atom is 0.306 e. The minimum atomic E-state index is -3.51. The predicted octanol–water partition coefficient (Wildman–Crippen LogP) is 5.67. The van der Waals surface area contributed by atoms with E-state index in [1.165, 1.54) is 6.20 Å². The molecular weight excluding hydrogens is 429 g/mol. The molecule has 164 valence electrons. The summed E-state index contributed by atoms with van der Waals surface area (Å²) < 4.78 is 20.7. The molecule has 0 radical (unpaired) electrons. The Bertz CT molecular complexity index is 1240. The van der Waals surface area contributed by atoms with Crippen LogP contribution in [0.3, 0.4) is 0 Å². The van der Waals surface area contributed by atoms with E-state index >= 15 is 0 Å². The highest BCUT2D eigenvalue weighted by atomic mass is 31.2. The highest BCUT2D eigenvalue weighted by Gasteiger charge is 2.31.